The van der Waals surface area contributed by atoms with E-state index in [2.05, 4.69) is 25.4 Å². The monoisotopic (exact) mass is 386 g/mol. The van der Waals surface area contributed by atoms with Gasteiger partial charge in [0.1, 0.15) is 5.69 Å². The molecule has 9 heteroatoms. The minimum absolute atomic E-state index is 0.0382. The third-order valence-electron chi connectivity index (χ3n) is 5.47. The number of aromatic amines is 2. The van der Waals surface area contributed by atoms with Crippen LogP contribution in [0.2, 0.25) is 0 Å². The van der Waals surface area contributed by atoms with E-state index in [1.165, 1.54) is 6.20 Å². The van der Waals surface area contributed by atoms with Crippen molar-refractivity contribution in [1.29, 1.82) is 0 Å². The highest BCUT2D eigenvalue weighted by Gasteiger charge is 2.37. The molecule has 5 rings (SSSR count). The highest BCUT2D eigenvalue weighted by Crippen LogP contribution is 2.41. The molecule has 1 aliphatic rings. The summed E-state index contributed by atoms with van der Waals surface area (Å²) >= 11 is 0. The summed E-state index contributed by atoms with van der Waals surface area (Å²) in [6, 6.07) is 3.53. The van der Waals surface area contributed by atoms with Gasteiger partial charge in [0, 0.05) is 22.5 Å². The summed E-state index contributed by atoms with van der Waals surface area (Å²) in [5.41, 5.74) is 9.70. The number of aryl methyl sites for hydroxylation is 2. The van der Waals surface area contributed by atoms with E-state index in [0.29, 0.717) is 24.1 Å². The number of H-pyrrole nitrogens is 2. The lowest BCUT2D eigenvalue weighted by molar-refractivity contribution is -0.140. The SMILES string of the molecule is Cc1[nH]nc2ccc3nc(-c4cn[nH]c4C(F)(F)F)c4c(c3c12)CCC(N)C4. The van der Waals surface area contributed by atoms with Crippen molar-refractivity contribution in [3.63, 3.8) is 0 Å². The van der Waals surface area contributed by atoms with Gasteiger partial charge in [-0.05, 0) is 49.4 Å². The number of hydrogen-bond donors (Lipinski definition) is 3. The lowest BCUT2D eigenvalue weighted by Gasteiger charge is -2.25. The first-order chi connectivity index (χ1) is 13.3. The van der Waals surface area contributed by atoms with Gasteiger partial charge < -0.3 is 5.73 Å². The second kappa shape index (κ2) is 5.78. The van der Waals surface area contributed by atoms with Crippen LogP contribution in [-0.4, -0.2) is 31.4 Å². The Balaban J connectivity index is 1.90. The third kappa shape index (κ3) is 2.42. The van der Waals surface area contributed by atoms with Crippen LogP contribution in [0, 0.1) is 6.92 Å². The van der Waals surface area contributed by atoms with Gasteiger partial charge in [0.15, 0.2) is 0 Å². The Kier molecular flexibility index (Phi) is 3.54. The van der Waals surface area contributed by atoms with Crippen LogP contribution in [0.4, 0.5) is 13.2 Å². The minimum atomic E-state index is -4.54. The Bertz CT molecular complexity index is 1220. The van der Waals surface area contributed by atoms with Crippen LogP contribution in [0.25, 0.3) is 33.1 Å². The molecule has 3 heterocycles. The molecule has 6 nitrogen and oxygen atoms in total. The fourth-order valence-electron chi connectivity index (χ4n) is 4.23. The Morgan fingerprint density at radius 2 is 1.89 bits per heavy atom. The molecular weight excluding hydrogens is 369 g/mol. The number of nitrogens with one attached hydrogen (secondary N) is 2. The lowest BCUT2D eigenvalue weighted by atomic mass is 9.83. The van der Waals surface area contributed by atoms with E-state index in [-0.39, 0.29) is 11.6 Å². The quantitative estimate of drug-likeness (QED) is 0.465. The van der Waals surface area contributed by atoms with Gasteiger partial charge in [0.05, 0.1) is 28.5 Å². The van der Waals surface area contributed by atoms with Crippen LogP contribution in [0.1, 0.15) is 28.9 Å². The van der Waals surface area contributed by atoms with Gasteiger partial charge in [-0.1, -0.05) is 0 Å². The van der Waals surface area contributed by atoms with Gasteiger partial charge in [-0.2, -0.15) is 23.4 Å². The van der Waals surface area contributed by atoms with Gasteiger partial charge in [-0.25, -0.2) is 4.98 Å². The number of rotatable bonds is 1. The average molecular weight is 386 g/mol. The fraction of sp³-hybridized carbons (Fsp3) is 0.316. The van der Waals surface area contributed by atoms with Crippen molar-refractivity contribution in [2.75, 3.05) is 0 Å². The molecule has 4 aromatic rings. The van der Waals surface area contributed by atoms with Crippen LogP contribution in [0.5, 0.6) is 0 Å². The molecular formula is C19H17F3N6. The van der Waals surface area contributed by atoms with E-state index in [1.807, 2.05) is 19.1 Å². The summed E-state index contributed by atoms with van der Waals surface area (Å²) in [6.07, 6.45) is -1.42. The van der Waals surface area contributed by atoms with Gasteiger partial charge in [0.2, 0.25) is 0 Å². The van der Waals surface area contributed by atoms with Crippen LogP contribution >= 0.6 is 0 Å². The molecule has 3 aromatic heterocycles. The predicted octanol–water partition coefficient (Wildman–Crippen LogP) is 3.64. The zero-order chi connectivity index (χ0) is 19.6. The van der Waals surface area contributed by atoms with Crippen LogP contribution in [0.15, 0.2) is 18.3 Å². The predicted molar refractivity (Wildman–Crippen MR) is 98.7 cm³/mol. The first kappa shape index (κ1) is 17.2. The number of halogens is 3. The topological polar surface area (TPSA) is 96.3 Å². The average Bonchev–Trinajstić information content (AvgIpc) is 3.27. The molecule has 1 atom stereocenters. The Labute approximate surface area is 157 Å². The molecule has 1 aliphatic carbocycles. The van der Waals surface area contributed by atoms with Crippen molar-refractivity contribution in [2.45, 2.75) is 38.4 Å². The molecule has 0 spiro atoms. The van der Waals surface area contributed by atoms with Gasteiger partial charge in [-0.15, -0.1) is 0 Å². The molecule has 28 heavy (non-hydrogen) atoms. The third-order valence-corrected chi connectivity index (χ3v) is 5.47. The largest absolute Gasteiger partial charge is 0.433 e. The Hall–Kier alpha value is -2.94. The van der Waals surface area contributed by atoms with Crippen LogP contribution < -0.4 is 5.73 Å². The van der Waals surface area contributed by atoms with Crippen molar-refractivity contribution in [3.8, 4) is 11.3 Å². The maximum absolute atomic E-state index is 13.5. The Morgan fingerprint density at radius 3 is 2.68 bits per heavy atom. The fourth-order valence-corrected chi connectivity index (χ4v) is 4.23. The summed E-state index contributed by atoms with van der Waals surface area (Å²) < 4.78 is 40.4. The van der Waals surface area contributed by atoms with E-state index >= 15 is 0 Å². The Morgan fingerprint density at radius 1 is 1.11 bits per heavy atom. The number of fused-ring (bicyclic) bond motifs is 5. The lowest BCUT2D eigenvalue weighted by Crippen LogP contribution is -2.29. The number of pyridine rings is 1. The number of nitrogens with zero attached hydrogens (tertiary/aromatic N) is 3. The van der Waals surface area contributed by atoms with Crippen molar-refractivity contribution < 1.29 is 13.2 Å². The summed E-state index contributed by atoms with van der Waals surface area (Å²) in [7, 11) is 0. The molecule has 0 radical (unpaired) electrons. The molecule has 4 N–H and O–H groups in total. The highest BCUT2D eigenvalue weighted by atomic mass is 19.4. The van der Waals surface area contributed by atoms with E-state index in [4.69, 9.17) is 5.73 Å². The molecule has 1 aromatic carbocycles. The van der Waals surface area contributed by atoms with E-state index in [9.17, 15) is 13.2 Å². The molecule has 0 aliphatic heterocycles. The maximum Gasteiger partial charge on any atom is 0.433 e. The summed E-state index contributed by atoms with van der Waals surface area (Å²) in [5.74, 6) is 0. The standard InChI is InChI=1S/C19H17F3N6/c1-8-15-14(27-26-8)5-4-13-16(15)10-3-2-9(23)6-11(10)17(25-13)12-7-24-28-18(12)19(20,21)22/h4-5,7,9H,2-3,6,23H2,1H3,(H,24,28)(H,26,27). The molecule has 144 valence electrons. The second-order valence-electron chi connectivity index (χ2n) is 7.28. The van der Waals surface area contributed by atoms with Gasteiger partial charge >= 0.3 is 6.18 Å². The molecule has 0 bridgehead atoms. The molecule has 1 unspecified atom stereocenters. The van der Waals surface area contributed by atoms with Crippen LogP contribution in [0.3, 0.4) is 0 Å². The normalized spacial score (nSPS) is 17.4. The van der Waals surface area contributed by atoms with Gasteiger partial charge in [-0.3, -0.25) is 10.2 Å². The number of alkyl halides is 3. The number of nitrogens with two attached hydrogens (primary N) is 1. The first-order valence-electron chi connectivity index (χ1n) is 9.00. The van der Waals surface area contributed by atoms with Crippen molar-refractivity contribution in [1.82, 2.24) is 25.4 Å². The maximum atomic E-state index is 13.5. The zero-order valence-corrected chi connectivity index (χ0v) is 15.0. The number of benzene rings is 1. The summed E-state index contributed by atoms with van der Waals surface area (Å²) in [4.78, 5) is 4.65. The smallest absolute Gasteiger partial charge is 0.327 e. The van der Waals surface area contributed by atoms with E-state index in [1.54, 1.807) is 0 Å². The highest BCUT2D eigenvalue weighted by molar-refractivity contribution is 6.09. The molecule has 0 saturated carbocycles. The number of aromatic nitrogens is 5. The van der Waals surface area contributed by atoms with Crippen molar-refractivity contribution in [2.24, 2.45) is 5.73 Å². The minimum Gasteiger partial charge on any atom is -0.327 e. The van der Waals surface area contributed by atoms with Crippen LogP contribution in [-0.2, 0) is 19.0 Å². The summed E-state index contributed by atoms with van der Waals surface area (Å²) in [5, 5.41) is 14.9. The van der Waals surface area contributed by atoms with E-state index in [0.717, 1.165) is 39.5 Å². The second-order valence-corrected chi connectivity index (χ2v) is 7.28. The van der Waals surface area contributed by atoms with E-state index < -0.39 is 11.9 Å². The summed E-state index contributed by atoms with van der Waals surface area (Å²) in [6.45, 7) is 1.93. The molecule has 0 saturated heterocycles. The van der Waals surface area contributed by atoms with Crippen molar-refractivity contribution >= 4 is 21.8 Å². The van der Waals surface area contributed by atoms with Gasteiger partial charge in [0.25, 0.3) is 0 Å². The first-order valence-corrected chi connectivity index (χ1v) is 9.00. The number of hydrogen-bond acceptors (Lipinski definition) is 4. The molecule has 0 amide bonds. The molecule has 0 fully saturated rings. The zero-order valence-electron chi connectivity index (χ0n) is 15.0. The van der Waals surface area contributed by atoms with Crippen molar-refractivity contribution in [3.05, 3.63) is 40.8 Å².